The van der Waals surface area contributed by atoms with E-state index in [1.54, 1.807) is 18.3 Å². The summed E-state index contributed by atoms with van der Waals surface area (Å²) in [4.78, 5) is 25.5. The van der Waals surface area contributed by atoms with Gasteiger partial charge in [0.2, 0.25) is 0 Å². The summed E-state index contributed by atoms with van der Waals surface area (Å²) in [6.45, 7) is 4.37. The molecule has 9 heteroatoms. The third-order valence-corrected chi connectivity index (χ3v) is 7.23. The van der Waals surface area contributed by atoms with Crippen molar-refractivity contribution in [2.24, 2.45) is 0 Å². The van der Waals surface area contributed by atoms with Gasteiger partial charge in [0.15, 0.2) is 17.2 Å². The first kappa shape index (κ1) is 22.8. The fourth-order valence-corrected chi connectivity index (χ4v) is 5.44. The lowest BCUT2D eigenvalue weighted by Gasteiger charge is -2.33. The lowest BCUT2D eigenvalue weighted by Crippen LogP contribution is -2.43. The van der Waals surface area contributed by atoms with Gasteiger partial charge in [-0.25, -0.2) is 14.1 Å². The van der Waals surface area contributed by atoms with Gasteiger partial charge in [-0.05, 0) is 63.3 Å². The number of aromatic nitrogens is 5. The highest BCUT2D eigenvalue weighted by Gasteiger charge is 2.34. The molecular weight excluding hydrogens is 459 g/mol. The summed E-state index contributed by atoms with van der Waals surface area (Å²) in [5.41, 5.74) is 3.04. The summed E-state index contributed by atoms with van der Waals surface area (Å²) < 4.78 is 15.7. The van der Waals surface area contributed by atoms with Gasteiger partial charge in [-0.1, -0.05) is 12.1 Å². The normalized spacial score (nSPS) is 22.2. The SMILES string of the molecule is C[C@@H]1CC(n2nc(C3CC3)c3c(=O)[nH]c(Cc4ccc(-c5cccc(F)c5O)nc4)nc32)C[C@@H](C)N1. The fraction of sp³-hybridized carbons (Fsp3) is 0.407. The molecule has 1 saturated heterocycles. The number of hydrogen-bond acceptors (Lipinski definition) is 6. The Kier molecular flexibility index (Phi) is 5.59. The van der Waals surface area contributed by atoms with Gasteiger partial charge >= 0.3 is 0 Å². The van der Waals surface area contributed by atoms with Crippen molar-refractivity contribution in [2.75, 3.05) is 0 Å². The Morgan fingerprint density at radius 3 is 2.61 bits per heavy atom. The zero-order chi connectivity index (χ0) is 25.0. The van der Waals surface area contributed by atoms with E-state index in [-0.39, 0.29) is 11.6 Å². The molecule has 1 saturated carbocycles. The zero-order valence-electron chi connectivity index (χ0n) is 20.3. The van der Waals surface area contributed by atoms with Gasteiger partial charge in [0.1, 0.15) is 11.2 Å². The van der Waals surface area contributed by atoms with E-state index in [1.165, 1.54) is 12.1 Å². The first-order chi connectivity index (χ1) is 17.4. The average molecular weight is 489 g/mol. The molecule has 0 spiro atoms. The number of fused-ring (bicyclic) bond motifs is 1. The largest absolute Gasteiger partial charge is 0.504 e. The van der Waals surface area contributed by atoms with E-state index in [0.717, 1.165) is 36.9 Å². The lowest BCUT2D eigenvalue weighted by molar-refractivity contribution is 0.253. The van der Waals surface area contributed by atoms with Crippen LogP contribution in [-0.4, -0.2) is 41.9 Å². The summed E-state index contributed by atoms with van der Waals surface area (Å²) in [5.74, 6) is -0.215. The molecule has 8 nitrogen and oxygen atoms in total. The van der Waals surface area contributed by atoms with Crippen LogP contribution in [0.2, 0.25) is 0 Å². The van der Waals surface area contributed by atoms with Crippen LogP contribution >= 0.6 is 0 Å². The Labute approximate surface area is 207 Å². The van der Waals surface area contributed by atoms with E-state index < -0.39 is 11.6 Å². The molecule has 2 aliphatic rings. The van der Waals surface area contributed by atoms with E-state index in [2.05, 4.69) is 29.1 Å². The first-order valence-electron chi connectivity index (χ1n) is 12.6. The smallest absolute Gasteiger partial charge is 0.262 e. The van der Waals surface area contributed by atoms with Crippen LogP contribution in [0, 0.1) is 5.82 Å². The molecule has 3 N–H and O–H groups in total. The first-order valence-corrected chi connectivity index (χ1v) is 12.6. The summed E-state index contributed by atoms with van der Waals surface area (Å²) in [6.07, 6.45) is 6.04. The lowest BCUT2D eigenvalue weighted by atomic mass is 9.95. The number of phenolic OH excluding ortho intramolecular Hbond substituents is 1. The number of pyridine rings is 1. The summed E-state index contributed by atoms with van der Waals surface area (Å²) >= 11 is 0. The second-order valence-electron chi connectivity index (χ2n) is 10.3. The number of H-pyrrole nitrogens is 1. The van der Waals surface area contributed by atoms with Crippen molar-refractivity contribution in [1.82, 2.24) is 30.0 Å². The number of piperidine rings is 1. The molecule has 4 heterocycles. The molecule has 0 unspecified atom stereocenters. The van der Waals surface area contributed by atoms with Crippen LogP contribution in [0.15, 0.2) is 41.3 Å². The van der Waals surface area contributed by atoms with Crippen LogP contribution in [-0.2, 0) is 6.42 Å². The van der Waals surface area contributed by atoms with Gasteiger partial charge in [-0.2, -0.15) is 5.10 Å². The highest BCUT2D eigenvalue weighted by atomic mass is 19.1. The summed E-state index contributed by atoms with van der Waals surface area (Å²) in [7, 11) is 0. The number of hydrogen-bond donors (Lipinski definition) is 3. The van der Waals surface area contributed by atoms with Gasteiger partial charge in [-0.3, -0.25) is 9.78 Å². The summed E-state index contributed by atoms with van der Waals surface area (Å²) in [6, 6.07) is 8.86. The van der Waals surface area contributed by atoms with Gasteiger partial charge < -0.3 is 15.4 Å². The number of aromatic amines is 1. The van der Waals surface area contributed by atoms with Crippen molar-refractivity contribution in [3.8, 4) is 17.0 Å². The second-order valence-corrected chi connectivity index (χ2v) is 10.3. The molecule has 4 aromatic rings. The number of nitrogens with zero attached hydrogens (tertiary/aromatic N) is 4. The van der Waals surface area contributed by atoms with Crippen LogP contribution < -0.4 is 10.9 Å². The zero-order valence-corrected chi connectivity index (χ0v) is 20.3. The van der Waals surface area contributed by atoms with Crippen LogP contribution in [0.1, 0.15) is 68.6 Å². The molecule has 0 radical (unpaired) electrons. The Balaban J connectivity index is 1.35. The van der Waals surface area contributed by atoms with E-state index in [0.29, 0.717) is 52.5 Å². The highest BCUT2D eigenvalue weighted by Crippen LogP contribution is 2.42. The Morgan fingerprint density at radius 2 is 1.92 bits per heavy atom. The van der Waals surface area contributed by atoms with Gasteiger partial charge in [0.25, 0.3) is 5.56 Å². The number of halogens is 1. The van der Waals surface area contributed by atoms with Gasteiger partial charge in [-0.15, -0.1) is 0 Å². The van der Waals surface area contributed by atoms with Crippen LogP contribution in [0.3, 0.4) is 0 Å². The number of phenols is 1. The molecule has 0 bridgehead atoms. The second kappa shape index (κ2) is 8.81. The minimum Gasteiger partial charge on any atom is -0.504 e. The van der Waals surface area contributed by atoms with Crippen molar-refractivity contribution in [1.29, 1.82) is 0 Å². The minimum atomic E-state index is -0.687. The molecule has 1 aromatic carbocycles. The Bertz CT molecular complexity index is 1480. The van der Waals surface area contributed by atoms with Crippen molar-refractivity contribution in [3.63, 3.8) is 0 Å². The number of rotatable bonds is 5. The molecule has 2 atom stereocenters. The minimum absolute atomic E-state index is 0.146. The van der Waals surface area contributed by atoms with Gasteiger partial charge in [0.05, 0.1) is 17.4 Å². The number of para-hydroxylation sites is 1. The molecule has 3 aromatic heterocycles. The maximum Gasteiger partial charge on any atom is 0.262 e. The highest BCUT2D eigenvalue weighted by molar-refractivity contribution is 5.78. The fourth-order valence-electron chi connectivity index (χ4n) is 5.44. The molecule has 2 fully saturated rings. The van der Waals surface area contributed by atoms with Crippen LogP contribution in [0.5, 0.6) is 5.75 Å². The van der Waals surface area contributed by atoms with Crippen molar-refractivity contribution >= 4 is 11.0 Å². The van der Waals surface area contributed by atoms with Gasteiger partial charge in [0, 0.05) is 36.2 Å². The third kappa shape index (κ3) is 4.17. The topological polar surface area (TPSA) is 109 Å². The molecule has 6 rings (SSSR count). The number of nitrogens with one attached hydrogen (secondary N) is 2. The molecule has 1 aliphatic carbocycles. The standard InChI is InChI=1S/C27H29FN6O2/c1-14-10-18(11-15(2)30-14)34-26-23(24(33-34)17-7-8-17)27(36)32-22(31-26)12-16-6-9-21(29-13-16)19-4-3-5-20(28)25(19)35/h3-6,9,13-15,17-18,30,35H,7-8,10-12H2,1-2H3,(H,31,32,36)/t14-,15-/m1/s1. The average Bonchev–Trinajstić information content (AvgIpc) is 3.61. The predicted molar refractivity (Wildman–Crippen MR) is 135 cm³/mol. The van der Waals surface area contributed by atoms with Crippen molar-refractivity contribution in [3.05, 3.63) is 69.8 Å². The molecule has 1 aliphatic heterocycles. The van der Waals surface area contributed by atoms with Crippen molar-refractivity contribution < 1.29 is 9.50 Å². The van der Waals surface area contributed by atoms with E-state index >= 15 is 0 Å². The quantitative estimate of drug-likeness (QED) is 0.389. The van der Waals surface area contributed by atoms with Crippen molar-refractivity contribution in [2.45, 2.75) is 70.0 Å². The predicted octanol–water partition coefficient (Wildman–Crippen LogP) is 4.20. The molecular formula is C27H29FN6O2. The van der Waals surface area contributed by atoms with Crippen LogP contribution in [0.4, 0.5) is 4.39 Å². The van der Waals surface area contributed by atoms with E-state index in [1.807, 2.05) is 10.7 Å². The maximum atomic E-state index is 13.7. The summed E-state index contributed by atoms with van der Waals surface area (Å²) in [5, 5.41) is 19.2. The van der Waals surface area contributed by atoms with E-state index in [9.17, 15) is 14.3 Å². The van der Waals surface area contributed by atoms with E-state index in [4.69, 9.17) is 10.1 Å². The monoisotopic (exact) mass is 488 g/mol. The Morgan fingerprint density at radius 1 is 1.14 bits per heavy atom. The molecule has 0 amide bonds. The molecule has 186 valence electrons. The van der Waals surface area contributed by atoms with Crippen LogP contribution in [0.25, 0.3) is 22.3 Å². The maximum absolute atomic E-state index is 13.7. The molecule has 36 heavy (non-hydrogen) atoms. The third-order valence-electron chi connectivity index (χ3n) is 7.23. The Hall–Kier alpha value is -3.59. The number of aromatic hydroxyl groups is 1. The number of benzene rings is 1.